The molecule has 1 fully saturated rings. The van der Waals surface area contributed by atoms with E-state index >= 15 is 0 Å². The van der Waals surface area contributed by atoms with Crippen molar-refractivity contribution in [3.63, 3.8) is 0 Å². The molecule has 0 saturated carbocycles. The second-order valence-electron chi connectivity index (χ2n) is 4.36. The molecule has 20 heavy (non-hydrogen) atoms. The number of carbonyl (C=O) groups excluding carboxylic acids is 1. The van der Waals surface area contributed by atoms with E-state index < -0.39 is 0 Å². The molecule has 1 heterocycles. The maximum atomic E-state index is 11.0. The summed E-state index contributed by atoms with van der Waals surface area (Å²) in [5.41, 5.74) is 0.867. The fraction of sp³-hybridized carbons (Fsp3) is 0.357. The van der Waals surface area contributed by atoms with Crippen molar-refractivity contribution < 1.29 is 9.53 Å². The van der Waals surface area contributed by atoms with Crippen molar-refractivity contribution in [2.45, 2.75) is 26.4 Å². The van der Waals surface area contributed by atoms with E-state index in [-0.39, 0.29) is 12.0 Å². The monoisotopic (exact) mass is 291 g/mol. The summed E-state index contributed by atoms with van der Waals surface area (Å²) in [7, 11) is 0. The molecule has 0 aliphatic carbocycles. The van der Waals surface area contributed by atoms with Gasteiger partial charge in [0.05, 0.1) is 18.1 Å². The molecule has 1 atom stereocenters. The number of amidine groups is 1. The Morgan fingerprint density at radius 3 is 3.00 bits per heavy atom. The van der Waals surface area contributed by atoms with Gasteiger partial charge in [0, 0.05) is 5.56 Å². The average molecular weight is 291 g/mol. The van der Waals surface area contributed by atoms with Crippen LogP contribution in [0.15, 0.2) is 34.5 Å². The fourth-order valence-corrected chi connectivity index (χ4v) is 2.15. The van der Waals surface area contributed by atoms with Gasteiger partial charge in [-0.05, 0) is 25.5 Å². The second-order valence-corrected chi connectivity index (χ2v) is 5.33. The standard InChI is InChI=1S/C14H17N3O2S/c1-3-10(2)19-12-7-5-4-6-11(12)8-15-17-14-16-13(18)9-20-14/h4-8,10H,3,9H2,1-2H3,(H,16,17,18). The lowest BCUT2D eigenvalue weighted by Gasteiger charge is -2.14. The maximum absolute atomic E-state index is 11.0. The highest BCUT2D eigenvalue weighted by Gasteiger charge is 2.15. The van der Waals surface area contributed by atoms with Crippen LogP contribution in [0.5, 0.6) is 5.75 Å². The van der Waals surface area contributed by atoms with Crippen molar-refractivity contribution in [1.29, 1.82) is 0 Å². The molecule has 0 spiro atoms. The van der Waals surface area contributed by atoms with Crippen molar-refractivity contribution in [1.82, 2.24) is 5.32 Å². The number of rotatable bonds is 5. The van der Waals surface area contributed by atoms with E-state index in [9.17, 15) is 4.79 Å². The lowest BCUT2D eigenvalue weighted by Crippen LogP contribution is -2.19. The molecule has 1 aromatic carbocycles. The number of hydrogen-bond acceptors (Lipinski definition) is 5. The van der Waals surface area contributed by atoms with Crippen LogP contribution < -0.4 is 10.1 Å². The van der Waals surface area contributed by atoms with Gasteiger partial charge in [0.2, 0.25) is 5.91 Å². The highest BCUT2D eigenvalue weighted by atomic mass is 32.2. The Morgan fingerprint density at radius 2 is 2.30 bits per heavy atom. The summed E-state index contributed by atoms with van der Waals surface area (Å²) in [4.78, 5) is 11.0. The first kappa shape index (κ1) is 14.6. The molecule has 1 aliphatic heterocycles. The number of carbonyl (C=O) groups is 1. The van der Waals surface area contributed by atoms with E-state index in [4.69, 9.17) is 4.74 Å². The fourth-order valence-electron chi connectivity index (χ4n) is 1.52. The summed E-state index contributed by atoms with van der Waals surface area (Å²) in [6.45, 7) is 4.10. The molecule has 6 heteroatoms. The van der Waals surface area contributed by atoms with Crippen LogP contribution in [0.1, 0.15) is 25.8 Å². The number of nitrogens with one attached hydrogen (secondary N) is 1. The van der Waals surface area contributed by atoms with Gasteiger partial charge in [0.15, 0.2) is 5.17 Å². The van der Waals surface area contributed by atoms with Gasteiger partial charge in [0.25, 0.3) is 0 Å². The number of nitrogens with zero attached hydrogens (tertiary/aromatic N) is 2. The zero-order valence-electron chi connectivity index (χ0n) is 11.5. The topological polar surface area (TPSA) is 63.1 Å². The van der Waals surface area contributed by atoms with Crippen molar-refractivity contribution in [3.05, 3.63) is 29.8 Å². The summed E-state index contributed by atoms with van der Waals surface area (Å²) in [6, 6.07) is 7.67. The first-order chi connectivity index (χ1) is 9.69. The average Bonchev–Trinajstić information content (AvgIpc) is 2.86. The molecule has 1 aliphatic rings. The minimum absolute atomic E-state index is 0.0375. The third-order valence-corrected chi connectivity index (χ3v) is 3.62. The number of para-hydroxylation sites is 1. The predicted octanol–water partition coefficient (Wildman–Crippen LogP) is 2.42. The zero-order valence-corrected chi connectivity index (χ0v) is 12.3. The molecule has 1 N–H and O–H groups in total. The van der Waals surface area contributed by atoms with Gasteiger partial charge >= 0.3 is 0 Å². The van der Waals surface area contributed by atoms with Crippen LogP contribution in [0.2, 0.25) is 0 Å². The van der Waals surface area contributed by atoms with Gasteiger partial charge in [-0.1, -0.05) is 30.8 Å². The van der Waals surface area contributed by atoms with Crippen LogP contribution in [0.4, 0.5) is 0 Å². The molecule has 106 valence electrons. The summed E-state index contributed by atoms with van der Waals surface area (Å²) in [5, 5.41) is 11.1. The van der Waals surface area contributed by atoms with Gasteiger partial charge < -0.3 is 10.1 Å². The molecule has 0 radical (unpaired) electrons. The third-order valence-electron chi connectivity index (χ3n) is 2.75. The van der Waals surface area contributed by atoms with Crippen molar-refractivity contribution >= 4 is 29.1 Å². The van der Waals surface area contributed by atoms with Crippen LogP contribution >= 0.6 is 11.8 Å². The number of amides is 1. The molecule has 0 aromatic heterocycles. The largest absolute Gasteiger partial charge is 0.490 e. The van der Waals surface area contributed by atoms with Crippen LogP contribution in [0, 0.1) is 0 Å². The number of hydrogen-bond donors (Lipinski definition) is 1. The predicted molar refractivity (Wildman–Crippen MR) is 82.5 cm³/mol. The molecular weight excluding hydrogens is 274 g/mol. The smallest absolute Gasteiger partial charge is 0.236 e. The van der Waals surface area contributed by atoms with Gasteiger partial charge in [-0.25, -0.2) is 0 Å². The summed E-state index contributed by atoms with van der Waals surface area (Å²) < 4.78 is 5.82. The van der Waals surface area contributed by atoms with Crippen LogP contribution in [-0.4, -0.2) is 29.1 Å². The maximum Gasteiger partial charge on any atom is 0.236 e. The number of benzene rings is 1. The van der Waals surface area contributed by atoms with E-state index in [1.807, 2.05) is 31.2 Å². The van der Waals surface area contributed by atoms with Gasteiger partial charge in [0.1, 0.15) is 5.75 Å². The number of thioether (sulfide) groups is 1. The molecule has 1 saturated heterocycles. The molecule has 1 amide bonds. The normalized spacial score (nSPS) is 18.5. The summed E-state index contributed by atoms with van der Waals surface area (Å²) >= 11 is 1.35. The Morgan fingerprint density at radius 1 is 1.50 bits per heavy atom. The Kier molecular flexibility index (Phi) is 5.17. The van der Waals surface area contributed by atoms with Crippen molar-refractivity contribution in [3.8, 4) is 5.75 Å². The minimum atomic E-state index is -0.0375. The highest BCUT2D eigenvalue weighted by molar-refractivity contribution is 8.15. The zero-order chi connectivity index (χ0) is 14.4. The quantitative estimate of drug-likeness (QED) is 0.669. The van der Waals surface area contributed by atoms with Crippen molar-refractivity contribution in [2.24, 2.45) is 10.2 Å². The first-order valence-corrected chi connectivity index (χ1v) is 7.47. The van der Waals surface area contributed by atoms with E-state index in [0.717, 1.165) is 17.7 Å². The second kappa shape index (κ2) is 7.09. The van der Waals surface area contributed by atoms with Crippen molar-refractivity contribution in [2.75, 3.05) is 5.75 Å². The van der Waals surface area contributed by atoms with Crippen LogP contribution in [0.25, 0.3) is 0 Å². The number of ether oxygens (including phenoxy) is 1. The van der Waals surface area contributed by atoms with E-state index in [0.29, 0.717) is 10.9 Å². The SMILES string of the molecule is CCC(C)Oc1ccccc1C=NN=C1NC(=O)CS1. The van der Waals surface area contributed by atoms with Gasteiger partial charge in [-0.3, -0.25) is 4.79 Å². The Bertz CT molecular complexity index is 543. The summed E-state index contributed by atoms with van der Waals surface area (Å²) in [5.74, 6) is 1.15. The van der Waals surface area contributed by atoms with E-state index in [1.54, 1.807) is 6.21 Å². The first-order valence-electron chi connectivity index (χ1n) is 6.48. The minimum Gasteiger partial charge on any atom is -0.490 e. The van der Waals surface area contributed by atoms with Crippen LogP contribution in [-0.2, 0) is 4.79 Å². The molecular formula is C14H17N3O2S. The highest BCUT2D eigenvalue weighted by Crippen LogP contribution is 2.18. The third kappa shape index (κ3) is 4.09. The van der Waals surface area contributed by atoms with E-state index in [2.05, 4.69) is 22.4 Å². The molecule has 5 nitrogen and oxygen atoms in total. The Balaban J connectivity index is 2.07. The summed E-state index contributed by atoms with van der Waals surface area (Å²) in [6.07, 6.45) is 2.73. The lowest BCUT2D eigenvalue weighted by molar-refractivity contribution is -0.116. The van der Waals surface area contributed by atoms with Gasteiger partial charge in [-0.15, -0.1) is 5.10 Å². The van der Waals surface area contributed by atoms with Gasteiger partial charge in [-0.2, -0.15) is 5.10 Å². The lowest BCUT2D eigenvalue weighted by atomic mass is 10.2. The molecule has 1 unspecified atom stereocenters. The Hall–Kier alpha value is -1.82. The molecule has 2 rings (SSSR count). The molecule has 1 aromatic rings. The van der Waals surface area contributed by atoms with Crippen LogP contribution in [0.3, 0.4) is 0 Å². The molecule has 0 bridgehead atoms. The Labute approximate surface area is 122 Å². The van der Waals surface area contributed by atoms with E-state index in [1.165, 1.54) is 11.8 Å².